The Bertz CT molecular complexity index is 887. The van der Waals surface area contributed by atoms with Gasteiger partial charge in [-0.25, -0.2) is 13.4 Å². The van der Waals surface area contributed by atoms with Crippen LogP contribution >= 0.6 is 0 Å². The summed E-state index contributed by atoms with van der Waals surface area (Å²) in [4.78, 5) is 22.3. The van der Waals surface area contributed by atoms with Gasteiger partial charge in [-0.1, -0.05) is 24.3 Å². The minimum absolute atomic E-state index is 0.114. The van der Waals surface area contributed by atoms with Gasteiger partial charge in [0, 0.05) is 13.0 Å². The van der Waals surface area contributed by atoms with Crippen LogP contribution in [0, 0.1) is 0 Å². The quantitative estimate of drug-likeness (QED) is 0.720. The van der Waals surface area contributed by atoms with Crippen LogP contribution in [-0.4, -0.2) is 30.6 Å². The highest BCUT2D eigenvalue weighted by Gasteiger charge is 2.46. The summed E-state index contributed by atoms with van der Waals surface area (Å²) < 4.78 is 29.4. The molecule has 3 heterocycles. The number of rotatable bonds is 3. The van der Waals surface area contributed by atoms with Crippen molar-refractivity contribution in [2.75, 3.05) is 0 Å². The number of ether oxygens (including phenoxy) is 1. The van der Waals surface area contributed by atoms with E-state index in [-0.39, 0.29) is 11.3 Å². The zero-order valence-corrected chi connectivity index (χ0v) is 14.2. The summed E-state index contributed by atoms with van der Waals surface area (Å²) in [5.41, 5.74) is 2.22. The first kappa shape index (κ1) is 17.0. The van der Waals surface area contributed by atoms with Crippen molar-refractivity contribution in [1.82, 2.24) is 10.4 Å². The summed E-state index contributed by atoms with van der Waals surface area (Å²) in [5.74, 6) is 1.08. The molecule has 2 aromatic rings. The van der Waals surface area contributed by atoms with Gasteiger partial charge in [0.15, 0.2) is 5.37 Å². The predicted molar refractivity (Wildman–Crippen MR) is 89.2 cm³/mol. The summed E-state index contributed by atoms with van der Waals surface area (Å²) in [7, 11) is -3.64. The van der Waals surface area contributed by atoms with Crippen LogP contribution in [0.3, 0.4) is 0 Å². The second-order valence-electron chi connectivity index (χ2n) is 5.53. The zero-order chi connectivity index (χ0) is 18.0. The molecule has 2 amide bonds. The SMILES string of the molecule is CC(=O)NN1C(=O)CC1S(=O)(=O)c1ccccc1.c1cc2cc(c1)O2. The third-order valence-electron chi connectivity index (χ3n) is 3.65. The Morgan fingerprint density at radius 1 is 1.12 bits per heavy atom. The molecule has 8 heteroatoms. The van der Waals surface area contributed by atoms with Crippen molar-refractivity contribution in [3.8, 4) is 11.5 Å². The van der Waals surface area contributed by atoms with E-state index in [0.717, 1.165) is 16.5 Å². The number of hydrazine groups is 1. The molecular formula is C17H16N2O5S. The number of carbonyl (C=O) groups is 2. The first-order chi connectivity index (χ1) is 11.9. The third kappa shape index (κ3) is 3.48. The molecule has 1 unspecified atom stereocenters. The lowest BCUT2D eigenvalue weighted by atomic mass is 10.2. The Kier molecular flexibility index (Phi) is 4.45. The summed E-state index contributed by atoms with van der Waals surface area (Å²) in [6.45, 7) is 1.22. The van der Waals surface area contributed by atoms with Gasteiger partial charge in [0.2, 0.25) is 21.7 Å². The molecule has 3 aliphatic heterocycles. The predicted octanol–water partition coefficient (Wildman–Crippen LogP) is 1.86. The molecule has 1 N–H and O–H groups in total. The number of carbonyl (C=O) groups excluding carboxylic acids is 2. The molecule has 25 heavy (non-hydrogen) atoms. The molecular weight excluding hydrogens is 344 g/mol. The number of hydrogen-bond donors (Lipinski definition) is 1. The van der Waals surface area contributed by atoms with Crippen molar-refractivity contribution in [3.63, 3.8) is 0 Å². The number of sulfone groups is 1. The fourth-order valence-corrected chi connectivity index (χ4v) is 4.05. The van der Waals surface area contributed by atoms with Crippen LogP contribution in [0.4, 0.5) is 0 Å². The van der Waals surface area contributed by atoms with Gasteiger partial charge in [-0.15, -0.1) is 0 Å². The van der Waals surface area contributed by atoms with Gasteiger partial charge in [0.1, 0.15) is 11.5 Å². The maximum Gasteiger partial charge on any atom is 0.245 e. The Morgan fingerprint density at radius 2 is 1.72 bits per heavy atom. The van der Waals surface area contributed by atoms with E-state index in [0.29, 0.717) is 0 Å². The fourth-order valence-electron chi connectivity index (χ4n) is 2.39. The minimum atomic E-state index is -3.64. The molecule has 1 fully saturated rings. The first-order valence-corrected chi connectivity index (χ1v) is 9.09. The molecule has 130 valence electrons. The van der Waals surface area contributed by atoms with E-state index in [1.54, 1.807) is 18.2 Å². The van der Waals surface area contributed by atoms with E-state index in [9.17, 15) is 18.0 Å². The summed E-state index contributed by atoms with van der Waals surface area (Å²) in [6, 6.07) is 15.7. The van der Waals surface area contributed by atoms with E-state index in [1.807, 2.05) is 24.3 Å². The van der Waals surface area contributed by atoms with Gasteiger partial charge < -0.3 is 4.74 Å². The van der Waals surface area contributed by atoms with E-state index in [2.05, 4.69) is 5.43 Å². The van der Waals surface area contributed by atoms with Crippen LogP contribution < -0.4 is 10.2 Å². The van der Waals surface area contributed by atoms with Crippen molar-refractivity contribution in [2.24, 2.45) is 0 Å². The highest BCUT2D eigenvalue weighted by molar-refractivity contribution is 7.92. The van der Waals surface area contributed by atoms with Gasteiger partial charge in [0.05, 0.1) is 11.3 Å². The summed E-state index contributed by atoms with van der Waals surface area (Å²) in [5, 5.41) is -0.152. The zero-order valence-electron chi connectivity index (χ0n) is 13.4. The van der Waals surface area contributed by atoms with Crippen molar-refractivity contribution < 1.29 is 22.7 Å². The number of benzene rings is 2. The number of nitrogens with one attached hydrogen (secondary N) is 1. The highest BCUT2D eigenvalue weighted by Crippen LogP contribution is 2.33. The number of fused-ring (bicyclic) bond motifs is 2. The van der Waals surface area contributed by atoms with Crippen LogP contribution in [0.15, 0.2) is 59.5 Å². The maximum absolute atomic E-state index is 12.2. The molecule has 3 aliphatic rings. The lowest BCUT2D eigenvalue weighted by molar-refractivity contribution is -0.151. The molecule has 0 aliphatic carbocycles. The topological polar surface area (TPSA) is 92.8 Å². The van der Waals surface area contributed by atoms with E-state index < -0.39 is 27.0 Å². The molecule has 2 aromatic carbocycles. The van der Waals surface area contributed by atoms with Crippen LogP contribution in [0.5, 0.6) is 11.5 Å². The van der Waals surface area contributed by atoms with Crippen LogP contribution in [0.2, 0.25) is 0 Å². The van der Waals surface area contributed by atoms with Crippen LogP contribution in [0.1, 0.15) is 13.3 Å². The normalized spacial score (nSPS) is 17.2. The number of β-lactam (4-membered cyclic amide) rings is 1. The van der Waals surface area contributed by atoms with E-state index >= 15 is 0 Å². The van der Waals surface area contributed by atoms with Crippen LogP contribution in [-0.2, 0) is 19.4 Å². The molecule has 1 atom stereocenters. The number of amides is 2. The minimum Gasteiger partial charge on any atom is -0.457 e. The average Bonchev–Trinajstić information content (AvgIpc) is 2.59. The van der Waals surface area contributed by atoms with Gasteiger partial charge in [0.25, 0.3) is 0 Å². The average molecular weight is 360 g/mol. The number of hydrogen-bond acceptors (Lipinski definition) is 5. The second kappa shape index (κ2) is 6.56. The third-order valence-corrected chi connectivity index (χ3v) is 5.68. The van der Waals surface area contributed by atoms with Crippen molar-refractivity contribution in [2.45, 2.75) is 23.6 Å². The van der Waals surface area contributed by atoms with Crippen LogP contribution in [0.25, 0.3) is 0 Å². The van der Waals surface area contributed by atoms with Crippen molar-refractivity contribution in [3.05, 3.63) is 54.6 Å². The Balaban J connectivity index is 0.000000213. The van der Waals surface area contributed by atoms with Gasteiger partial charge in [-0.05, 0) is 24.3 Å². The monoisotopic (exact) mass is 360 g/mol. The largest absolute Gasteiger partial charge is 0.457 e. The van der Waals surface area contributed by atoms with E-state index in [1.165, 1.54) is 19.1 Å². The van der Waals surface area contributed by atoms with E-state index in [4.69, 9.17) is 4.74 Å². The van der Waals surface area contributed by atoms with Crippen molar-refractivity contribution >= 4 is 21.7 Å². The standard InChI is InChI=1S/C11H12N2O4S.C6H4O/c1-8(14)12-13-10(15)7-11(13)18(16,17)9-5-3-2-4-6-9;1-2-5-4-6(3-1)7-5/h2-6,11H,7H2,1H3,(H,12,14);1-4H. The molecule has 0 spiro atoms. The number of nitrogens with zero attached hydrogens (tertiary/aromatic N) is 1. The van der Waals surface area contributed by atoms with Gasteiger partial charge in [-0.3, -0.25) is 15.0 Å². The second-order valence-corrected chi connectivity index (χ2v) is 7.63. The lowest BCUT2D eigenvalue weighted by Gasteiger charge is -2.38. The summed E-state index contributed by atoms with van der Waals surface area (Å²) >= 11 is 0. The van der Waals surface area contributed by atoms with Crippen molar-refractivity contribution in [1.29, 1.82) is 0 Å². The Morgan fingerprint density at radius 3 is 2.12 bits per heavy atom. The molecule has 2 bridgehead atoms. The lowest BCUT2D eigenvalue weighted by Crippen LogP contribution is -2.63. The smallest absolute Gasteiger partial charge is 0.245 e. The summed E-state index contributed by atoms with van der Waals surface area (Å²) in [6.07, 6.45) is -0.114. The first-order valence-electron chi connectivity index (χ1n) is 7.54. The molecule has 0 aromatic heterocycles. The molecule has 5 rings (SSSR count). The Hall–Kier alpha value is -2.87. The van der Waals surface area contributed by atoms with Gasteiger partial charge in [-0.2, -0.15) is 0 Å². The fraction of sp³-hybridized carbons (Fsp3) is 0.176. The molecule has 0 radical (unpaired) electrons. The van der Waals surface area contributed by atoms with Gasteiger partial charge >= 0.3 is 0 Å². The molecule has 1 saturated heterocycles. The molecule has 7 nitrogen and oxygen atoms in total. The molecule has 0 saturated carbocycles. The maximum atomic E-state index is 12.2. The highest BCUT2D eigenvalue weighted by atomic mass is 32.2. The Labute approximate surface area is 145 Å².